The smallest absolute Gasteiger partial charge is 0.209 e. The molecular formula is C21H23BrN4O2S. The van der Waals surface area contributed by atoms with E-state index in [2.05, 4.69) is 35.7 Å². The zero-order valence-corrected chi connectivity index (χ0v) is 18.8. The van der Waals surface area contributed by atoms with Gasteiger partial charge in [0, 0.05) is 40.1 Å². The monoisotopic (exact) mass is 474 g/mol. The lowest BCUT2D eigenvalue weighted by atomic mass is 10.2. The number of Topliss-reactive ketones (excluding diaryl/α,β-unsaturated/α-hetero) is 1. The van der Waals surface area contributed by atoms with Crippen molar-refractivity contribution in [3.8, 4) is 11.4 Å². The molecule has 1 aliphatic heterocycles. The predicted octanol–water partition coefficient (Wildman–Crippen LogP) is 4.81. The lowest BCUT2D eigenvalue weighted by molar-refractivity contribution is 0.0957. The van der Waals surface area contributed by atoms with Crippen LogP contribution in [0.2, 0.25) is 0 Å². The van der Waals surface area contributed by atoms with Crippen LogP contribution in [0, 0.1) is 13.8 Å². The molecule has 6 nitrogen and oxygen atoms in total. The van der Waals surface area contributed by atoms with Crippen molar-refractivity contribution in [3.05, 3.63) is 51.8 Å². The number of ketones is 1. The van der Waals surface area contributed by atoms with Crippen LogP contribution in [0.4, 0.5) is 0 Å². The highest BCUT2D eigenvalue weighted by atomic mass is 79.9. The molecule has 3 aromatic rings. The van der Waals surface area contributed by atoms with Gasteiger partial charge in [0.1, 0.15) is 0 Å². The van der Waals surface area contributed by atoms with E-state index in [1.165, 1.54) is 11.8 Å². The second kappa shape index (κ2) is 8.85. The second-order valence-corrected chi connectivity index (χ2v) is 9.07. The largest absolute Gasteiger partial charge is 0.376 e. The van der Waals surface area contributed by atoms with Crippen molar-refractivity contribution < 1.29 is 9.53 Å². The van der Waals surface area contributed by atoms with Gasteiger partial charge in [0.15, 0.2) is 11.6 Å². The van der Waals surface area contributed by atoms with Gasteiger partial charge in [-0.2, -0.15) is 0 Å². The number of benzene rings is 1. The Balaban J connectivity index is 1.40. The van der Waals surface area contributed by atoms with Crippen LogP contribution in [0.1, 0.15) is 34.6 Å². The normalized spacial score (nSPS) is 16.4. The molecule has 1 fully saturated rings. The quantitative estimate of drug-likeness (QED) is 0.392. The molecule has 1 aliphatic rings. The van der Waals surface area contributed by atoms with E-state index in [1.54, 1.807) is 0 Å². The molecule has 2 aromatic heterocycles. The molecule has 0 spiro atoms. The number of aromatic amines is 1. The summed E-state index contributed by atoms with van der Waals surface area (Å²) in [6, 6.07) is 9.83. The van der Waals surface area contributed by atoms with Crippen LogP contribution in [0.15, 0.2) is 40.0 Å². The minimum Gasteiger partial charge on any atom is -0.376 e. The highest BCUT2D eigenvalue weighted by molar-refractivity contribution is 9.10. The Labute approximate surface area is 182 Å². The molecule has 1 atom stereocenters. The van der Waals surface area contributed by atoms with E-state index < -0.39 is 0 Å². The lowest BCUT2D eigenvalue weighted by Gasteiger charge is -2.14. The summed E-state index contributed by atoms with van der Waals surface area (Å²) in [6.45, 7) is 5.71. The first-order chi connectivity index (χ1) is 14.0. The molecule has 0 saturated carbocycles. The summed E-state index contributed by atoms with van der Waals surface area (Å²) >= 11 is 4.78. The zero-order valence-electron chi connectivity index (χ0n) is 16.4. The molecule has 29 heavy (non-hydrogen) atoms. The van der Waals surface area contributed by atoms with Gasteiger partial charge in [-0.1, -0.05) is 39.8 Å². The van der Waals surface area contributed by atoms with Crippen LogP contribution in [0.3, 0.4) is 0 Å². The molecule has 0 aliphatic carbocycles. The topological polar surface area (TPSA) is 72.8 Å². The van der Waals surface area contributed by atoms with Crippen LogP contribution in [0.5, 0.6) is 0 Å². The molecule has 3 heterocycles. The minimum absolute atomic E-state index is 0.0941. The minimum atomic E-state index is 0.0941. The first-order valence-electron chi connectivity index (χ1n) is 9.64. The second-order valence-electron chi connectivity index (χ2n) is 7.22. The van der Waals surface area contributed by atoms with Gasteiger partial charge in [-0.05, 0) is 44.9 Å². The van der Waals surface area contributed by atoms with E-state index in [0.29, 0.717) is 16.7 Å². The van der Waals surface area contributed by atoms with Gasteiger partial charge >= 0.3 is 0 Å². The van der Waals surface area contributed by atoms with E-state index in [1.807, 2.05) is 44.2 Å². The summed E-state index contributed by atoms with van der Waals surface area (Å²) in [4.78, 5) is 17.3. The maximum Gasteiger partial charge on any atom is 0.209 e. The molecule has 4 rings (SSSR count). The highest BCUT2D eigenvalue weighted by Gasteiger charge is 2.21. The first kappa shape index (κ1) is 20.4. The number of hydrogen-bond donors (Lipinski definition) is 1. The number of halogens is 1. The third-order valence-electron chi connectivity index (χ3n) is 5.20. The van der Waals surface area contributed by atoms with Gasteiger partial charge in [-0.3, -0.25) is 9.89 Å². The summed E-state index contributed by atoms with van der Waals surface area (Å²) in [5.74, 6) is 1.10. The fourth-order valence-electron chi connectivity index (χ4n) is 3.61. The lowest BCUT2D eigenvalue weighted by Crippen LogP contribution is -2.17. The zero-order chi connectivity index (χ0) is 20.4. The van der Waals surface area contributed by atoms with Gasteiger partial charge in [0.25, 0.3) is 0 Å². The summed E-state index contributed by atoms with van der Waals surface area (Å²) in [5, 5.41) is 7.75. The number of aryl methyl sites for hydroxylation is 1. The Bertz CT molecular complexity index is 1010. The maximum absolute atomic E-state index is 12.8. The fourth-order valence-corrected chi connectivity index (χ4v) is 4.56. The number of nitrogens with one attached hydrogen (secondary N) is 1. The molecule has 1 unspecified atom stereocenters. The van der Waals surface area contributed by atoms with Crippen molar-refractivity contribution in [2.45, 2.75) is 44.5 Å². The van der Waals surface area contributed by atoms with E-state index in [0.717, 1.165) is 53.0 Å². The Morgan fingerprint density at radius 3 is 2.86 bits per heavy atom. The number of ether oxygens (including phenoxy) is 1. The Morgan fingerprint density at radius 1 is 1.34 bits per heavy atom. The molecule has 0 amide bonds. The van der Waals surface area contributed by atoms with E-state index in [9.17, 15) is 4.79 Å². The molecule has 152 valence electrons. The number of H-pyrrole nitrogens is 1. The van der Waals surface area contributed by atoms with E-state index in [4.69, 9.17) is 4.74 Å². The van der Waals surface area contributed by atoms with Gasteiger partial charge in [0.05, 0.1) is 11.9 Å². The maximum atomic E-state index is 12.8. The Hall–Kier alpha value is -1.90. The standard InChI is InChI=1S/C21H23BrN4O2S/c1-13-10-18(14(2)26(13)11-17-4-3-9-28-17)19(27)12-29-21-23-20(24-25-21)15-5-7-16(22)8-6-15/h5-8,10,17H,3-4,9,11-12H2,1-2H3,(H,23,24,25). The molecule has 0 radical (unpaired) electrons. The molecule has 8 heteroatoms. The van der Waals surface area contributed by atoms with Crippen LogP contribution < -0.4 is 0 Å². The number of carbonyl (C=O) groups is 1. The Kier molecular flexibility index (Phi) is 6.22. The van der Waals surface area contributed by atoms with Gasteiger partial charge < -0.3 is 9.30 Å². The van der Waals surface area contributed by atoms with Crippen LogP contribution in [0.25, 0.3) is 11.4 Å². The van der Waals surface area contributed by atoms with Crippen molar-refractivity contribution in [2.24, 2.45) is 0 Å². The summed E-state index contributed by atoms with van der Waals surface area (Å²) in [5.41, 5.74) is 3.84. The van der Waals surface area contributed by atoms with Crippen LogP contribution in [-0.2, 0) is 11.3 Å². The number of hydrogen-bond acceptors (Lipinski definition) is 5. The average Bonchev–Trinajstić information content (AvgIpc) is 3.45. The summed E-state index contributed by atoms with van der Waals surface area (Å²) in [7, 11) is 0. The number of nitrogens with zero attached hydrogens (tertiary/aromatic N) is 3. The van der Waals surface area contributed by atoms with Gasteiger partial charge in [-0.25, -0.2) is 4.98 Å². The molecular weight excluding hydrogens is 452 g/mol. The third kappa shape index (κ3) is 4.65. The first-order valence-corrected chi connectivity index (χ1v) is 11.4. The van der Waals surface area contributed by atoms with Crippen molar-refractivity contribution in [2.75, 3.05) is 12.4 Å². The summed E-state index contributed by atoms with van der Waals surface area (Å²) in [6.07, 6.45) is 2.45. The average molecular weight is 475 g/mol. The van der Waals surface area contributed by atoms with Crippen molar-refractivity contribution >= 4 is 33.5 Å². The van der Waals surface area contributed by atoms with E-state index in [-0.39, 0.29) is 11.9 Å². The molecule has 1 N–H and O–H groups in total. The van der Waals surface area contributed by atoms with Crippen LogP contribution in [-0.4, -0.2) is 44.0 Å². The fraction of sp³-hybridized carbons (Fsp3) is 0.381. The third-order valence-corrected chi connectivity index (χ3v) is 6.58. The molecule has 1 aromatic carbocycles. The number of thioether (sulfide) groups is 1. The number of carbonyl (C=O) groups excluding carboxylic acids is 1. The number of rotatable bonds is 7. The van der Waals surface area contributed by atoms with Crippen molar-refractivity contribution in [1.82, 2.24) is 19.7 Å². The predicted molar refractivity (Wildman–Crippen MR) is 117 cm³/mol. The van der Waals surface area contributed by atoms with Crippen LogP contribution >= 0.6 is 27.7 Å². The molecule has 0 bridgehead atoms. The summed E-state index contributed by atoms with van der Waals surface area (Å²) < 4.78 is 8.97. The SMILES string of the molecule is Cc1cc(C(=O)CSc2n[nH]c(-c3ccc(Br)cc3)n2)c(C)n1CC1CCCO1. The number of aromatic nitrogens is 4. The van der Waals surface area contributed by atoms with Crippen molar-refractivity contribution in [1.29, 1.82) is 0 Å². The van der Waals surface area contributed by atoms with E-state index >= 15 is 0 Å². The Morgan fingerprint density at radius 2 is 2.14 bits per heavy atom. The highest BCUT2D eigenvalue weighted by Crippen LogP contribution is 2.24. The van der Waals surface area contributed by atoms with Crippen molar-refractivity contribution in [3.63, 3.8) is 0 Å². The van der Waals surface area contributed by atoms with Gasteiger partial charge in [0.2, 0.25) is 5.16 Å². The van der Waals surface area contributed by atoms with Gasteiger partial charge in [-0.15, -0.1) is 5.10 Å². The molecule has 1 saturated heterocycles.